The Hall–Kier alpha value is 3.32. The number of rotatable bonds is 0. The van der Waals surface area contributed by atoms with Gasteiger partial charge in [-0.1, -0.05) is 0 Å². The first-order chi connectivity index (χ1) is 4.24. The zero-order chi connectivity index (χ0) is 8.12. The van der Waals surface area contributed by atoms with E-state index in [4.69, 9.17) is 0 Å². The van der Waals surface area contributed by atoms with Crippen molar-refractivity contribution in [2.75, 3.05) is 0 Å². The first-order valence-electron chi connectivity index (χ1n) is 1.08. The predicted molar refractivity (Wildman–Crippen MR) is 39.6 cm³/mol. The maximum atomic E-state index is 4.56. The fraction of sp³-hybridized carbons (Fsp3) is 0. The van der Waals surface area contributed by atoms with Gasteiger partial charge in [0, 0.05) is 21.1 Å². The molecule has 0 aromatic carbocycles. The van der Waals surface area contributed by atoms with E-state index in [1.54, 1.807) is 0 Å². The van der Waals surface area contributed by atoms with Gasteiger partial charge in [0.2, 0.25) is 0 Å². The summed E-state index contributed by atoms with van der Waals surface area (Å²) in [4.78, 5) is 0. The molecule has 0 aliphatic carbocycles. The Morgan fingerprint density at radius 2 is 1.10 bits per heavy atom. The Balaban J connectivity index is -0.0000000257. The SMILES string of the molecule is S[S][Mo].[B]#[Ni]#[B].[B]#[Ni]#[B].[Mo]. The first kappa shape index (κ1) is 23.3. The van der Waals surface area contributed by atoms with Crippen LogP contribution in [0.1, 0.15) is 0 Å². The molecule has 0 saturated heterocycles. The summed E-state index contributed by atoms with van der Waals surface area (Å²) in [5.74, 6) is 0. The molecular weight excluding hydrogens is 417 g/mol. The van der Waals surface area contributed by atoms with Crippen molar-refractivity contribution >= 4 is 44.6 Å². The Bertz CT molecular complexity index is 208. The van der Waals surface area contributed by atoms with Crippen LogP contribution in [0.5, 0.6) is 0 Å². The predicted octanol–water partition coefficient (Wildman–Crippen LogP) is -0.504. The average Bonchev–Trinajstić information content (AvgIpc) is 1.70. The first-order valence-corrected chi connectivity index (χ1v) is 7.61. The van der Waals surface area contributed by atoms with Crippen molar-refractivity contribution in [3.63, 3.8) is 0 Å². The zero-order valence-electron chi connectivity index (χ0n) is 4.61. The fourth-order valence-corrected chi connectivity index (χ4v) is 0. The van der Waals surface area contributed by atoms with Crippen molar-refractivity contribution in [1.29, 1.82) is 0 Å². The molecule has 0 spiro atoms. The maximum Gasteiger partial charge on any atom is 0 e. The van der Waals surface area contributed by atoms with Crippen LogP contribution in [0.3, 0.4) is 0 Å². The molecule has 0 atom stereocenters. The summed E-state index contributed by atoms with van der Waals surface area (Å²) in [5.41, 5.74) is 0. The second-order valence-electron chi connectivity index (χ2n) is 0.285. The van der Waals surface area contributed by atoms with Gasteiger partial charge in [-0.15, -0.1) is 0 Å². The van der Waals surface area contributed by atoms with Gasteiger partial charge < -0.3 is 0 Å². The van der Waals surface area contributed by atoms with E-state index >= 15 is 0 Å². The van der Waals surface area contributed by atoms with Gasteiger partial charge in [-0.25, -0.2) is 0 Å². The monoisotopic (exact) mass is 421 g/mol. The van der Waals surface area contributed by atoms with E-state index in [-0.39, 0.29) is 21.1 Å². The van der Waals surface area contributed by atoms with E-state index in [1.807, 2.05) is 18.5 Å². The topological polar surface area (TPSA) is 0 Å². The summed E-state index contributed by atoms with van der Waals surface area (Å²) >= 11 is 6.81. The number of hydrogen-bond acceptors (Lipinski definition) is 2. The molecule has 0 rings (SSSR count). The van der Waals surface area contributed by atoms with Gasteiger partial charge in [-0.2, -0.15) is 0 Å². The third kappa shape index (κ3) is 109. The van der Waals surface area contributed by atoms with Gasteiger partial charge in [0.1, 0.15) is 0 Å². The fourth-order valence-electron chi connectivity index (χ4n) is 0. The molecule has 0 fully saturated rings. The standard InChI is InChI=1S/4B.2Mo.2Ni.H2S2/c;;;;;;;;1-2/h;;;;;;;;1-2H/q;;;;;+1;;;/p-1. The molecule has 0 amide bonds. The Morgan fingerprint density at radius 1 is 1.10 bits per heavy atom. The van der Waals surface area contributed by atoms with Gasteiger partial charge in [-0.05, 0) is 0 Å². The van der Waals surface area contributed by atoms with E-state index in [9.17, 15) is 0 Å². The maximum absolute atomic E-state index is 4.56. The van der Waals surface area contributed by atoms with Gasteiger partial charge in [0.15, 0.2) is 0 Å². The quantitative estimate of drug-likeness (QED) is 0.315. The van der Waals surface area contributed by atoms with Crippen LogP contribution in [0, 0.1) is 0 Å². The molecule has 0 aromatic heterocycles. The summed E-state index contributed by atoms with van der Waals surface area (Å²) in [7, 11) is 1.45. The molecule has 0 saturated carbocycles. The Morgan fingerprint density at radius 3 is 1.10 bits per heavy atom. The molecule has 0 aliphatic heterocycles. The molecule has 0 bridgehead atoms. The van der Waals surface area contributed by atoms with Crippen molar-refractivity contribution in [3.8, 4) is 0 Å². The van der Waals surface area contributed by atoms with Gasteiger partial charge >= 0.3 is 88.8 Å². The molecule has 10 heavy (non-hydrogen) atoms. The molecule has 57 valence electrons. The molecule has 0 aliphatic rings. The van der Waals surface area contributed by atoms with Crippen LogP contribution in [0.4, 0.5) is 0 Å². The molecule has 0 heterocycles. The largest absolute Gasteiger partial charge is 0 e. The number of hydrogen-bond donors (Lipinski definition) is 1. The molecule has 10 heteroatoms. The molecule has 0 aromatic rings. The smallest absolute Gasteiger partial charge is 0 e. The second-order valence-corrected chi connectivity index (χ2v) is 4.84. The van der Waals surface area contributed by atoms with Crippen molar-refractivity contribution < 1.29 is 65.2 Å². The minimum absolute atomic E-state index is 0. The van der Waals surface area contributed by atoms with Crippen LogP contribution in [0.15, 0.2) is 0 Å². The van der Waals surface area contributed by atoms with Crippen LogP contribution >= 0.6 is 20.2 Å². The van der Waals surface area contributed by atoms with Crippen molar-refractivity contribution in [3.05, 3.63) is 0 Å². The number of thiol groups is 1. The Labute approximate surface area is 108 Å². The zero-order valence-corrected chi connectivity index (χ0v) is 12.3. The third-order valence-corrected chi connectivity index (χ3v) is 0. The molecule has 0 unspecified atom stereocenters. The molecule has 0 radical (unpaired) electrons. The van der Waals surface area contributed by atoms with Crippen LogP contribution < -0.4 is 0 Å². The third-order valence-electron chi connectivity index (χ3n) is 0. The normalized spacial score (nSPS) is 5.70. The van der Waals surface area contributed by atoms with E-state index in [0.29, 0.717) is 25.6 Å². The van der Waals surface area contributed by atoms with Gasteiger partial charge in [0.25, 0.3) is 0 Å². The average molecular weight is 418 g/mol. The summed E-state index contributed by atoms with van der Waals surface area (Å²) in [6.07, 6.45) is 18.2. The molecule has 0 nitrogen and oxygen atoms in total. The van der Waals surface area contributed by atoms with E-state index in [2.05, 4.69) is 36.1 Å². The minimum atomic E-state index is 0. The van der Waals surface area contributed by atoms with Crippen molar-refractivity contribution in [1.82, 2.24) is 0 Å². The van der Waals surface area contributed by atoms with Gasteiger partial charge in [0.05, 0.1) is 0 Å². The van der Waals surface area contributed by atoms with Crippen molar-refractivity contribution in [2.24, 2.45) is 0 Å². The van der Waals surface area contributed by atoms with Crippen LogP contribution in [0.2, 0.25) is 0 Å². The van der Waals surface area contributed by atoms with E-state index < -0.39 is 0 Å². The summed E-state index contributed by atoms with van der Waals surface area (Å²) in [6, 6.07) is 0. The summed E-state index contributed by atoms with van der Waals surface area (Å²) in [6.45, 7) is 0. The second kappa shape index (κ2) is 39.5. The van der Waals surface area contributed by atoms with E-state index in [1.165, 1.54) is 8.50 Å². The molecular formula is HB4Mo2Ni2S2. The van der Waals surface area contributed by atoms with Crippen molar-refractivity contribution in [2.45, 2.75) is 0 Å². The van der Waals surface area contributed by atoms with Crippen LogP contribution in [0.25, 0.3) is 0 Å². The van der Waals surface area contributed by atoms with Crippen LogP contribution in [-0.2, 0) is 65.2 Å². The Kier molecular flexibility index (Phi) is 92.0. The minimum Gasteiger partial charge on any atom is 0 e. The van der Waals surface area contributed by atoms with Gasteiger partial charge in [-0.3, -0.25) is 0 Å². The van der Waals surface area contributed by atoms with E-state index in [0.717, 1.165) is 0 Å². The summed E-state index contributed by atoms with van der Waals surface area (Å²) < 4.78 is 0. The molecule has 0 N–H and O–H groups in total. The summed E-state index contributed by atoms with van der Waals surface area (Å²) in [5, 5.41) is 0. The van der Waals surface area contributed by atoms with Crippen LogP contribution in [-0.4, -0.2) is 24.5 Å².